The van der Waals surface area contributed by atoms with Crippen LogP contribution in [0.5, 0.6) is 0 Å². The maximum absolute atomic E-state index is 12.9. The highest BCUT2D eigenvalue weighted by atomic mass is 19.3. The van der Waals surface area contributed by atoms with E-state index in [2.05, 4.69) is 4.90 Å². The van der Waals surface area contributed by atoms with Crippen LogP contribution in [-0.2, 0) is 4.74 Å². The quantitative estimate of drug-likeness (QED) is 0.928. The van der Waals surface area contributed by atoms with E-state index in [0.29, 0.717) is 6.54 Å². The maximum Gasteiger partial charge on any atom is 0.263 e. The van der Waals surface area contributed by atoms with Crippen molar-refractivity contribution in [1.82, 2.24) is 4.90 Å². The normalized spacial score (nSPS) is 24.2. The van der Waals surface area contributed by atoms with Crippen LogP contribution in [0.4, 0.5) is 8.78 Å². The lowest BCUT2D eigenvalue weighted by Gasteiger charge is -2.45. The molecule has 0 radical (unpaired) electrons. The number of nitrogens with zero attached hydrogens (tertiary/aromatic N) is 1. The second-order valence-corrected chi connectivity index (χ2v) is 6.34. The number of hydrogen-bond donors (Lipinski definition) is 1. The molecule has 0 spiro atoms. The molecule has 1 aliphatic rings. The van der Waals surface area contributed by atoms with Gasteiger partial charge in [-0.15, -0.1) is 0 Å². The lowest BCUT2D eigenvalue weighted by Crippen LogP contribution is -2.53. The van der Waals surface area contributed by atoms with E-state index in [-0.39, 0.29) is 23.3 Å². The molecule has 0 amide bonds. The molecule has 0 aliphatic carbocycles. The van der Waals surface area contributed by atoms with Gasteiger partial charge in [0, 0.05) is 31.2 Å². The molecule has 1 fully saturated rings. The summed E-state index contributed by atoms with van der Waals surface area (Å²) in [6.07, 6.45) is -2.36. The molecular weight excluding hydrogens is 274 g/mol. The zero-order chi connectivity index (χ0) is 15.6. The third kappa shape index (κ3) is 3.99. The Balaban J connectivity index is 2.24. The summed E-state index contributed by atoms with van der Waals surface area (Å²) in [6.45, 7) is 7.99. The van der Waals surface area contributed by atoms with Gasteiger partial charge in [-0.1, -0.05) is 18.2 Å². The highest BCUT2D eigenvalue weighted by molar-refractivity contribution is 5.27. The lowest BCUT2D eigenvalue weighted by molar-refractivity contribution is -0.137. The summed E-state index contributed by atoms with van der Waals surface area (Å²) < 4.78 is 31.6. The van der Waals surface area contributed by atoms with Crippen LogP contribution >= 0.6 is 0 Å². The van der Waals surface area contributed by atoms with Gasteiger partial charge in [-0.25, -0.2) is 8.78 Å². The van der Waals surface area contributed by atoms with E-state index in [1.165, 1.54) is 6.07 Å². The van der Waals surface area contributed by atoms with Gasteiger partial charge in [-0.2, -0.15) is 0 Å². The number of ether oxygens (including phenoxy) is 1. The van der Waals surface area contributed by atoms with Gasteiger partial charge in [0.2, 0.25) is 0 Å². The number of alkyl halides is 2. The summed E-state index contributed by atoms with van der Waals surface area (Å²) in [5.74, 6) is 0. The minimum absolute atomic E-state index is 0.0477. The molecule has 5 heteroatoms. The minimum Gasteiger partial charge on any atom is -0.370 e. The molecule has 1 aliphatic heterocycles. The van der Waals surface area contributed by atoms with Crippen LogP contribution in [0.3, 0.4) is 0 Å². The molecule has 1 aromatic carbocycles. The topological polar surface area (TPSA) is 38.5 Å². The highest BCUT2D eigenvalue weighted by Crippen LogP contribution is 2.30. The smallest absolute Gasteiger partial charge is 0.263 e. The van der Waals surface area contributed by atoms with Gasteiger partial charge in [0.05, 0.1) is 11.7 Å². The van der Waals surface area contributed by atoms with Gasteiger partial charge in [0.15, 0.2) is 0 Å². The Morgan fingerprint density at radius 1 is 1.38 bits per heavy atom. The van der Waals surface area contributed by atoms with Crippen molar-refractivity contribution in [1.29, 1.82) is 0 Å². The number of halogens is 2. The molecule has 2 N–H and O–H groups in total. The fraction of sp³-hybridized carbons (Fsp3) is 0.625. The Kier molecular flexibility index (Phi) is 4.96. The number of morpholine rings is 1. The molecular formula is C16H24F2N2O. The van der Waals surface area contributed by atoms with Gasteiger partial charge in [0.25, 0.3) is 6.43 Å². The van der Waals surface area contributed by atoms with Crippen LogP contribution in [0.2, 0.25) is 0 Å². The summed E-state index contributed by atoms with van der Waals surface area (Å²) >= 11 is 0. The molecule has 1 aromatic rings. The average Bonchev–Trinajstić information content (AvgIpc) is 2.37. The van der Waals surface area contributed by atoms with Gasteiger partial charge >= 0.3 is 0 Å². The Morgan fingerprint density at radius 2 is 2.05 bits per heavy atom. The van der Waals surface area contributed by atoms with E-state index >= 15 is 0 Å². The molecule has 0 saturated carbocycles. The van der Waals surface area contributed by atoms with E-state index in [0.717, 1.165) is 18.7 Å². The number of nitrogens with two attached hydrogens (primary N) is 1. The van der Waals surface area contributed by atoms with E-state index < -0.39 is 6.43 Å². The van der Waals surface area contributed by atoms with Crippen molar-refractivity contribution >= 4 is 0 Å². The molecule has 0 aromatic heterocycles. The summed E-state index contributed by atoms with van der Waals surface area (Å²) in [4.78, 5) is 2.23. The van der Waals surface area contributed by atoms with Crippen LogP contribution < -0.4 is 5.73 Å². The summed E-state index contributed by atoms with van der Waals surface area (Å²) in [5.41, 5.74) is 6.56. The van der Waals surface area contributed by atoms with Gasteiger partial charge in [-0.3, -0.25) is 4.90 Å². The number of hydrogen-bond acceptors (Lipinski definition) is 3. The molecule has 1 heterocycles. The molecule has 21 heavy (non-hydrogen) atoms. The first-order valence-corrected chi connectivity index (χ1v) is 7.32. The van der Waals surface area contributed by atoms with E-state index in [9.17, 15) is 8.78 Å². The third-order valence-corrected chi connectivity index (χ3v) is 3.81. The Hall–Kier alpha value is -1.04. The highest BCUT2D eigenvalue weighted by Gasteiger charge is 2.34. The Morgan fingerprint density at radius 3 is 2.62 bits per heavy atom. The Bertz CT molecular complexity index is 479. The van der Waals surface area contributed by atoms with Crippen LogP contribution in [0.25, 0.3) is 0 Å². The molecule has 2 atom stereocenters. The molecule has 0 bridgehead atoms. The Labute approximate surface area is 125 Å². The molecule has 1 saturated heterocycles. The van der Waals surface area contributed by atoms with Crippen molar-refractivity contribution in [2.24, 2.45) is 5.73 Å². The average molecular weight is 298 g/mol. The van der Waals surface area contributed by atoms with Crippen molar-refractivity contribution < 1.29 is 13.5 Å². The summed E-state index contributed by atoms with van der Waals surface area (Å²) in [5, 5.41) is 0. The molecule has 3 nitrogen and oxygen atoms in total. The van der Waals surface area contributed by atoms with E-state index in [4.69, 9.17) is 10.5 Å². The number of benzene rings is 1. The summed E-state index contributed by atoms with van der Waals surface area (Å²) in [7, 11) is 0. The first-order valence-electron chi connectivity index (χ1n) is 7.32. The fourth-order valence-corrected chi connectivity index (χ4v) is 3.14. The predicted octanol–water partition coefficient (Wildman–Crippen LogP) is 3.12. The zero-order valence-electron chi connectivity index (χ0n) is 12.9. The summed E-state index contributed by atoms with van der Waals surface area (Å²) in [6, 6.07) is 6.50. The largest absolute Gasteiger partial charge is 0.370 e. The van der Waals surface area contributed by atoms with Crippen molar-refractivity contribution in [3.05, 3.63) is 35.4 Å². The SMILES string of the molecule is CC1CN(C(CN)c2cccc(C(F)F)c2)CC(C)(C)O1. The standard InChI is InChI=1S/C16H24F2N2O/c1-11-9-20(10-16(2,3)21-11)14(8-19)12-5-4-6-13(7-12)15(17)18/h4-7,11,14-15H,8-10,19H2,1-3H3. The first kappa shape index (κ1) is 16.3. The zero-order valence-corrected chi connectivity index (χ0v) is 12.9. The van der Waals surface area contributed by atoms with Crippen molar-refractivity contribution in [3.8, 4) is 0 Å². The third-order valence-electron chi connectivity index (χ3n) is 3.81. The van der Waals surface area contributed by atoms with Crippen LogP contribution in [-0.4, -0.2) is 36.2 Å². The van der Waals surface area contributed by atoms with E-state index in [1.807, 2.05) is 26.8 Å². The second kappa shape index (κ2) is 6.38. The van der Waals surface area contributed by atoms with Crippen molar-refractivity contribution in [2.75, 3.05) is 19.6 Å². The van der Waals surface area contributed by atoms with E-state index in [1.54, 1.807) is 12.1 Å². The van der Waals surface area contributed by atoms with Gasteiger partial charge < -0.3 is 10.5 Å². The molecule has 2 unspecified atom stereocenters. The lowest BCUT2D eigenvalue weighted by atomic mass is 9.98. The second-order valence-electron chi connectivity index (χ2n) is 6.34. The number of rotatable bonds is 4. The predicted molar refractivity (Wildman–Crippen MR) is 79.4 cm³/mol. The molecule has 2 rings (SSSR count). The van der Waals surface area contributed by atoms with Gasteiger partial charge in [-0.05, 0) is 32.4 Å². The first-order chi connectivity index (χ1) is 9.82. The van der Waals surface area contributed by atoms with Crippen molar-refractivity contribution in [2.45, 2.75) is 44.9 Å². The van der Waals surface area contributed by atoms with Crippen LogP contribution in [0.1, 0.15) is 44.4 Å². The monoisotopic (exact) mass is 298 g/mol. The maximum atomic E-state index is 12.9. The van der Waals surface area contributed by atoms with Crippen LogP contribution in [0.15, 0.2) is 24.3 Å². The van der Waals surface area contributed by atoms with Crippen LogP contribution in [0, 0.1) is 0 Å². The molecule has 118 valence electrons. The minimum atomic E-state index is -2.46. The van der Waals surface area contributed by atoms with Crippen molar-refractivity contribution in [3.63, 3.8) is 0 Å². The van der Waals surface area contributed by atoms with Gasteiger partial charge in [0.1, 0.15) is 0 Å². The fourth-order valence-electron chi connectivity index (χ4n) is 3.14.